The van der Waals surface area contributed by atoms with Gasteiger partial charge in [0.2, 0.25) is 0 Å². The van der Waals surface area contributed by atoms with Gasteiger partial charge in [-0.05, 0) is 64.9 Å². The molecular formula is C22H22BrN. The fourth-order valence-electron chi connectivity index (χ4n) is 2.80. The van der Waals surface area contributed by atoms with Crippen molar-refractivity contribution < 1.29 is 0 Å². The number of halogens is 1. The monoisotopic (exact) mass is 379 g/mol. The maximum atomic E-state index is 4.48. The number of hydrogen-bond acceptors (Lipinski definition) is 1. The molecular weight excluding hydrogens is 358 g/mol. The summed E-state index contributed by atoms with van der Waals surface area (Å²) in [6, 6.07) is 19.3. The van der Waals surface area contributed by atoms with E-state index >= 15 is 0 Å². The zero-order valence-corrected chi connectivity index (χ0v) is 16.2. The Labute approximate surface area is 152 Å². The number of rotatable bonds is 2. The van der Waals surface area contributed by atoms with Gasteiger partial charge in [-0.1, -0.05) is 61.0 Å². The molecule has 0 atom stereocenters. The Balaban J connectivity index is 2.15. The molecule has 2 heteroatoms. The van der Waals surface area contributed by atoms with E-state index in [2.05, 4.69) is 91.1 Å². The standard InChI is InChI=1S/C22H22BrN/c1-15-8-9-16(21-7-5-6-10-24-21)13-20(15)17-11-18(22(2,3)4)14-19(23)12-17/h5-14H,1-4H3. The van der Waals surface area contributed by atoms with Gasteiger partial charge in [0.15, 0.2) is 0 Å². The van der Waals surface area contributed by atoms with Gasteiger partial charge in [-0.25, -0.2) is 0 Å². The van der Waals surface area contributed by atoms with Crippen molar-refractivity contribution in [1.82, 2.24) is 4.98 Å². The molecule has 0 bridgehead atoms. The maximum absolute atomic E-state index is 4.48. The molecule has 3 rings (SSSR count). The van der Waals surface area contributed by atoms with Crippen molar-refractivity contribution in [1.29, 1.82) is 0 Å². The van der Waals surface area contributed by atoms with E-state index in [1.54, 1.807) is 0 Å². The summed E-state index contributed by atoms with van der Waals surface area (Å²) in [5.74, 6) is 0. The SMILES string of the molecule is Cc1ccc(-c2ccccn2)cc1-c1cc(Br)cc(C(C)(C)C)c1. The van der Waals surface area contributed by atoms with Crippen molar-refractivity contribution in [3.05, 3.63) is 76.4 Å². The molecule has 1 aromatic heterocycles. The third-order valence-corrected chi connectivity index (χ3v) is 4.73. The summed E-state index contributed by atoms with van der Waals surface area (Å²) in [4.78, 5) is 4.48. The summed E-state index contributed by atoms with van der Waals surface area (Å²) in [5, 5.41) is 0. The van der Waals surface area contributed by atoms with E-state index in [0.717, 1.165) is 15.7 Å². The fraction of sp³-hybridized carbons (Fsp3) is 0.227. The minimum Gasteiger partial charge on any atom is -0.256 e. The van der Waals surface area contributed by atoms with Gasteiger partial charge >= 0.3 is 0 Å². The first-order valence-corrected chi connectivity index (χ1v) is 8.97. The third-order valence-electron chi connectivity index (χ3n) is 4.27. The molecule has 0 radical (unpaired) electrons. The number of aryl methyl sites for hydroxylation is 1. The second kappa shape index (κ2) is 6.52. The van der Waals surface area contributed by atoms with Crippen LogP contribution in [0.4, 0.5) is 0 Å². The lowest BCUT2D eigenvalue weighted by Crippen LogP contribution is -2.11. The van der Waals surface area contributed by atoms with E-state index in [-0.39, 0.29) is 5.41 Å². The van der Waals surface area contributed by atoms with Crippen LogP contribution in [-0.2, 0) is 5.41 Å². The van der Waals surface area contributed by atoms with Gasteiger partial charge in [-0.15, -0.1) is 0 Å². The number of aromatic nitrogens is 1. The molecule has 3 aromatic rings. The van der Waals surface area contributed by atoms with Gasteiger partial charge in [0, 0.05) is 16.2 Å². The van der Waals surface area contributed by atoms with Crippen molar-refractivity contribution >= 4 is 15.9 Å². The average Bonchev–Trinajstić information content (AvgIpc) is 2.55. The smallest absolute Gasteiger partial charge is 0.0702 e. The molecule has 0 saturated carbocycles. The van der Waals surface area contributed by atoms with Crippen molar-refractivity contribution in [2.24, 2.45) is 0 Å². The Bertz CT molecular complexity index is 861. The number of nitrogens with zero attached hydrogens (tertiary/aromatic N) is 1. The molecule has 0 amide bonds. The van der Waals surface area contributed by atoms with Gasteiger partial charge in [-0.3, -0.25) is 4.98 Å². The Kier molecular flexibility index (Phi) is 4.60. The van der Waals surface area contributed by atoms with E-state index in [9.17, 15) is 0 Å². The van der Waals surface area contributed by atoms with E-state index < -0.39 is 0 Å². The highest BCUT2D eigenvalue weighted by Gasteiger charge is 2.16. The van der Waals surface area contributed by atoms with Crippen molar-refractivity contribution in [3.63, 3.8) is 0 Å². The molecule has 0 unspecified atom stereocenters. The zero-order valence-electron chi connectivity index (χ0n) is 14.6. The second-order valence-electron chi connectivity index (χ2n) is 7.22. The van der Waals surface area contributed by atoms with Crippen LogP contribution in [-0.4, -0.2) is 4.98 Å². The van der Waals surface area contributed by atoms with E-state index in [4.69, 9.17) is 0 Å². The molecule has 1 heterocycles. The lowest BCUT2D eigenvalue weighted by Gasteiger charge is -2.21. The largest absolute Gasteiger partial charge is 0.256 e. The number of pyridine rings is 1. The number of benzene rings is 2. The molecule has 1 nitrogen and oxygen atoms in total. The fourth-order valence-corrected chi connectivity index (χ4v) is 3.30. The number of hydrogen-bond donors (Lipinski definition) is 0. The molecule has 2 aromatic carbocycles. The highest BCUT2D eigenvalue weighted by atomic mass is 79.9. The van der Waals surface area contributed by atoms with Crippen molar-refractivity contribution in [2.45, 2.75) is 33.1 Å². The first-order valence-electron chi connectivity index (χ1n) is 8.18. The first kappa shape index (κ1) is 16.9. The van der Waals surface area contributed by atoms with Crippen LogP contribution in [0.1, 0.15) is 31.9 Å². The third kappa shape index (κ3) is 3.59. The van der Waals surface area contributed by atoms with Crippen molar-refractivity contribution in [3.8, 4) is 22.4 Å². The zero-order chi connectivity index (χ0) is 17.3. The summed E-state index contributed by atoms with van der Waals surface area (Å²) >= 11 is 3.68. The van der Waals surface area contributed by atoms with Gasteiger partial charge in [0.1, 0.15) is 0 Å². The molecule has 122 valence electrons. The Hall–Kier alpha value is -1.93. The quantitative estimate of drug-likeness (QED) is 0.477. The Morgan fingerprint density at radius 2 is 1.67 bits per heavy atom. The molecule has 0 saturated heterocycles. The van der Waals surface area contributed by atoms with Gasteiger partial charge in [0.05, 0.1) is 5.69 Å². The van der Waals surface area contributed by atoms with Crippen LogP contribution in [0.3, 0.4) is 0 Å². The van der Waals surface area contributed by atoms with Gasteiger partial charge in [0.25, 0.3) is 0 Å². The maximum Gasteiger partial charge on any atom is 0.0702 e. The minimum absolute atomic E-state index is 0.116. The Morgan fingerprint density at radius 1 is 0.875 bits per heavy atom. The summed E-state index contributed by atoms with van der Waals surface area (Å²) in [7, 11) is 0. The Morgan fingerprint density at radius 3 is 2.33 bits per heavy atom. The lowest BCUT2D eigenvalue weighted by molar-refractivity contribution is 0.590. The molecule has 0 aliphatic rings. The predicted octanol–water partition coefficient (Wildman–Crippen LogP) is 6.78. The molecule has 0 spiro atoms. The van der Waals surface area contributed by atoms with Crippen LogP contribution in [0.5, 0.6) is 0 Å². The topological polar surface area (TPSA) is 12.9 Å². The van der Waals surface area contributed by atoms with Crippen LogP contribution in [0, 0.1) is 6.92 Å². The van der Waals surface area contributed by atoms with Crippen LogP contribution >= 0.6 is 15.9 Å². The lowest BCUT2D eigenvalue weighted by atomic mass is 9.85. The van der Waals surface area contributed by atoms with Crippen LogP contribution in [0.15, 0.2) is 65.3 Å². The van der Waals surface area contributed by atoms with E-state index in [1.807, 2.05) is 18.3 Å². The van der Waals surface area contributed by atoms with E-state index in [1.165, 1.54) is 22.3 Å². The molecule has 0 aliphatic heterocycles. The summed E-state index contributed by atoms with van der Waals surface area (Å²) in [6.45, 7) is 8.90. The van der Waals surface area contributed by atoms with E-state index in [0.29, 0.717) is 0 Å². The summed E-state index contributed by atoms with van der Waals surface area (Å²) in [6.07, 6.45) is 1.84. The average molecular weight is 380 g/mol. The van der Waals surface area contributed by atoms with Crippen molar-refractivity contribution in [2.75, 3.05) is 0 Å². The highest BCUT2D eigenvalue weighted by molar-refractivity contribution is 9.10. The van der Waals surface area contributed by atoms with Crippen LogP contribution in [0.25, 0.3) is 22.4 Å². The van der Waals surface area contributed by atoms with Crippen LogP contribution in [0.2, 0.25) is 0 Å². The van der Waals surface area contributed by atoms with Gasteiger partial charge < -0.3 is 0 Å². The normalized spacial score (nSPS) is 11.5. The molecule has 0 N–H and O–H groups in total. The first-order chi connectivity index (χ1) is 11.3. The summed E-state index contributed by atoms with van der Waals surface area (Å²) < 4.78 is 1.12. The predicted molar refractivity (Wildman–Crippen MR) is 106 cm³/mol. The summed E-state index contributed by atoms with van der Waals surface area (Å²) in [5.41, 5.74) is 7.36. The molecule has 0 aliphatic carbocycles. The second-order valence-corrected chi connectivity index (χ2v) is 8.14. The minimum atomic E-state index is 0.116. The molecule has 0 fully saturated rings. The highest BCUT2D eigenvalue weighted by Crippen LogP contribution is 2.34. The molecule has 24 heavy (non-hydrogen) atoms. The van der Waals surface area contributed by atoms with Crippen LogP contribution < -0.4 is 0 Å². The van der Waals surface area contributed by atoms with Gasteiger partial charge in [-0.2, -0.15) is 0 Å².